The molecule has 1 amide bonds. The summed E-state index contributed by atoms with van der Waals surface area (Å²) in [6.07, 6.45) is -11.5. The van der Waals surface area contributed by atoms with Crippen LogP contribution in [0.5, 0.6) is 0 Å². The Balaban J connectivity index is 3.08. The molecule has 10 heteroatoms. The van der Waals surface area contributed by atoms with E-state index in [1.165, 1.54) is 0 Å². The fourth-order valence-corrected chi connectivity index (χ4v) is 1.38. The van der Waals surface area contributed by atoms with Crippen LogP contribution in [0.3, 0.4) is 0 Å². The number of aromatic carboxylic acids is 1. The fraction of sp³-hybridized carbons (Fsp3) is 0.273. The van der Waals surface area contributed by atoms with E-state index >= 15 is 0 Å². The molecule has 21 heavy (non-hydrogen) atoms. The Bertz CT molecular complexity index is 564. The second-order valence-electron chi connectivity index (χ2n) is 3.90. The number of alkyl halides is 6. The normalized spacial score (nSPS) is 12.1. The van der Waals surface area contributed by atoms with Gasteiger partial charge in [-0.15, -0.1) is 0 Å². The van der Waals surface area contributed by atoms with Crippen molar-refractivity contribution in [1.82, 2.24) is 0 Å². The second-order valence-corrected chi connectivity index (χ2v) is 3.90. The Labute approximate surface area is 113 Å². The zero-order valence-corrected chi connectivity index (χ0v) is 9.97. The predicted octanol–water partition coefficient (Wildman–Crippen LogP) is 3.29. The Morgan fingerprint density at radius 3 is 2.10 bits per heavy atom. The molecule has 0 aliphatic heterocycles. The van der Waals surface area contributed by atoms with Crippen LogP contribution in [0.25, 0.3) is 0 Å². The third-order valence-corrected chi connectivity index (χ3v) is 2.21. The number of carboxylic acid groups (broad SMARTS) is 1. The fourth-order valence-electron chi connectivity index (χ4n) is 1.38. The molecule has 0 aromatic heterocycles. The van der Waals surface area contributed by atoms with E-state index in [0.717, 1.165) is 0 Å². The summed E-state index contributed by atoms with van der Waals surface area (Å²) in [4.78, 5) is 21.9. The molecule has 1 aromatic rings. The first-order valence-corrected chi connectivity index (χ1v) is 5.21. The van der Waals surface area contributed by atoms with Gasteiger partial charge < -0.3 is 10.4 Å². The molecular weight excluding hydrogens is 308 g/mol. The lowest BCUT2D eigenvalue weighted by Gasteiger charge is -2.12. The first-order valence-electron chi connectivity index (χ1n) is 5.21. The number of anilines is 1. The predicted molar refractivity (Wildman–Crippen MR) is 57.7 cm³/mol. The largest absolute Gasteiger partial charge is 0.478 e. The van der Waals surface area contributed by atoms with Crippen LogP contribution in [0, 0.1) is 0 Å². The zero-order chi connectivity index (χ0) is 16.4. The van der Waals surface area contributed by atoms with Crippen molar-refractivity contribution in [3.8, 4) is 0 Å². The molecule has 0 unspecified atom stereocenters. The van der Waals surface area contributed by atoms with Gasteiger partial charge in [0.15, 0.2) is 0 Å². The van der Waals surface area contributed by atoms with Gasteiger partial charge in [0.05, 0.1) is 16.8 Å². The van der Waals surface area contributed by atoms with Crippen molar-refractivity contribution >= 4 is 17.6 Å². The number of amides is 1. The number of hydrogen-bond donors (Lipinski definition) is 2. The monoisotopic (exact) mass is 315 g/mol. The molecule has 0 aliphatic rings. The van der Waals surface area contributed by atoms with Gasteiger partial charge >= 0.3 is 18.3 Å². The molecular formula is C11H7F6NO3. The molecule has 0 aliphatic carbocycles. The van der Waals surface area contributed by atoms with Crippen molar-refractivity contribution in [3.63, 3.8) is 0 Å². The summed E-state index contributed by atoms with van der Waals surface area (Å²) in [5.41, 5.74) is -2.90. The van der Waals surface area contributed by atoms with Gasteiger partial charge in [0.2, 0.25) is 5.91 Å². The third-order valence-electron chi connectivity index (χ3n) is 2.21. The second kappa shape index (κ2) is 5.62. The molecule has 1 aromatic carbocycles. The lowest BCUT2D eigenvalue weighted by molar-refractivity contribution is -0.150. The van der Waals surface area contributed by atoms with Crippen molar-refractivity contribution in [2.24, 2.45) is 0 Å². The summed E-state index contributed by atoms with van der Waals surface area (Å²) in [7, 11) is 0. The van der Waals surface area contributed by atoms with Crippen molar-refractivity contribution in [2.75, 3.05) is 5.32 Å². The summed E-state index contributed by atoms with van der Waals surface area (Å²) in [5, 5.41) is 10.4. The van der Waals surface area contributed by atoms with Gasteiger partial charge in [-0.3, -0.25) is 4.79 Å². The molecule has 0 spiro atoms. The Morgan fingerprint density at radius 2 is 1.67 bits per heavy atom. The van der Waals surface area contributed by atoms with Gasteiger partial charge in [0, 0.05) is 0 Å². The van der Waals surface area contributed by atoms with Crippen LogP contribution in [-0.4, -0.2) is 23.2 Å². The van der Waals surface area contributed by atoms with Crippen molar-refractivity contribution in [2.45, 2.75) is 18.8 Å². The minimum absolute atomic E-state index is 0.228. The quantitative estimate of drug-likeness (QED) is 0.841. The topological polar surface area (TPSA) is 66.4 Å². The molecule has 0 fully saturated rings. The Kier molecular flexibility index (Phi) is 4.49. The molecule has 0 saturated heterocycles. The van der Waals surface area contributed by atoms with Crippen LogP contribution in [-0.2, 0) is 11.0 Å². The van der Waals surface area contributed by atoms with Gasteiger partial charge in [0.1, 0.15) is 6.42 Å². The highest BCUT2D eigenvalue weighted by molar-refractivity contribution is 6.00. The third kappa shape index (κ3) is 4.97. The molecule has 1 rings (SSSR count). The average molecular weight is 315 g/mol. The Hall–Kier alpha value is -2.26. The van der Waals surface area contributed by atoms with Crippen LogP contribution in [0.2, 0.25) is 0 Å². The van der Waals surface area contributed by atoms with Crippen LogP contribution < -0.4 is 5.32 Å². The molecule has 0 saturated carbocycles. The lowest BCUT2D eigenvalue weighted by atomic mass is 10.1. The van der Waals surface area contributed by atoms with E-state index in [2.05, 4.69) is 0 Å². The maximum Gasteiger partial charge on any atom is 0.416 e. The number of hydrogen-bond acceptors (Lipinski definition) is 2. The van der Waals surface area contributed by atoms with E-state index in [1.54, 1.807) is 5.32 Å². The first-order chi connectivity index (χ1) is 9.40. The maximum absolute atomic E-state index is 12.4. The number of carbonyl (C=O) groups excluding carboxylic acids is 1. The van der Waals surface area contributed by atoms with Gasteiger partial charge in [-0.05, 0) is 18.2 Å². The number of halogens is 6. The van der Waals surface area contributed by atoms with Crippen LogP contribution >= 0.6 is 0 Å². The minimum atomic E-state index is -4.82. The zero-order valence-electron chi connectivity index (χ0n) is 9.97. The number of carbonyl (C=O) groups is 2. The summed E-state index contributed by atoms with van der Waals surface area (Å²) in [6.45, 7) is 0. The molecule has 2 N–H and O–H groups in total. The average Bonchev–Trinajstić information content (AvgIpc) is 2.24. The highest BCUT2D eigenvalue weighted by Gasteiger charge is 2.33. The molecule has 0 bridgehead atoms. The number of nitrogens with one attached hydrogen (secondary N) is 1. The molecule has 116 valence electrons. The summed E-state index contributed by atoms with van der Waals surface area (Å²) in [6, 6.07) is 1.27. The lowest BCUT2D eigenvalue weighted by Crippen LogP contribution is -2.22. The van der Waals surface area contributed by atoms with E-state index in [9.17, 15) is 35.9 Å². The van der Waals surface area contributed by atoms with Gasteiger partial charge in [-0.1, -0.05) is 0 Å². The summed E-state index contributed by atoms with van der Waals surface area (Å²) >= 11 is 0. The van der Waals surface area contributed by atoms with E-state index < -0.39 is 47.5 Å². The summed E-state index contributed by atoms with van der Waals surface area (Å²) < 4.78 is 73.1. The summed E-state index contributed by atoms with van der Waals surface area (Å²) in [5.74, 6) is -3.40. The van der Waals surface area contributed by atoms with E-state index in [1.807, 2.05) is 0 Å². The highest BCUT2D eigenvalue weighted by Crippen LogP contribution is 2.32. The van der Waals surface area contributed by atoms with E-state index in [4.69, 9.17) is 5.11 Å². The van der Waals surface area contributed by atoms with E-state index in [-0.39, 0.29) is 6.07 Å². The van der Waals surface area contributed by atoms with Crippen molar-refractivity contribution in [1.29, 1.82) is 0 Å². The Morgan fingerprint density at radius 1 is 1.10 bits per heavy atom. The minimum Gasteiger partial charge on any atom is -0.478 e. The van der Waals surface area contributed by atoms with Crippen molar-refractivity contribution in [3.05, 3.63) is 29.3 Å². The first kappa shape index (κ1) is 16.8. The number of rotatable bonds is 3. The van der Waals surface area contributed by atoms with Crippen LogP contribution in [0.4, 0.5) is 32.0 Å². The maximum atomic E-state index is 12.4. The SMILES string of the molecule is O=C(CC(F)(F)F)Nc1ccc(C(F)(F)F)cc1C(=O)O. The van der Waals surface area contributed by atoms with E-state index in [0.29, 0.717) is 12.1 Å². The molecule has 0 heterocycles. The highest BCUT2D eigenvalue weighted by atomic mass is 19.4. The van der Waals surface area contributed by atoms with Crippen molar-refractivity contribution < 1.29 is 41.0 Å². The molecule has 0 atom stereocenters. The molecule has 4 nitrogen and oxygen atoms in total. The number of carboxylic acids is 1. The van der Waals surface area contributed by atoms with Crippen LogP contribution in [0.1, 0.15) is 22.3 Å². The standard InChI is InChI=1S/C11H7F6NO3/c12-10(13,14)4-8(19)18-7-2-1-5(11(15,16)17)3-6(7)9(20)21/h1-3H,4H2,(H,18,19)(H,20,21). The molecule has 0 radical (unpaired) electrons. The van der Waals surface area contributed by atoms with Gasteiger partial charge in [-0.25, -0.2) is 4.79 Å². The van der Waals surface area contributed by atoms with Gasteiger partial charge in [0.25, 0.3) is 0 Å². The van der Waals surface area contributed by atoms with Crippen LogP contribution in [0.15, 0.2) is 18.2 Å². The number of benzene rings is 1. The smallest absolute Gasteiger partial charge is 0.416 e. The van der Waals surface area contributed by atoms with Gasteiger partial charge in [-0.2, -0.15) is 26.3 Å².